The molecule has 1 fully saturated rings. The van der Waals surface area contributed by atoms with Crippen molar-refractivity contribution < 1.29 is 19.5 Å². The minimum atomic E-state index is -0.533. The summed E-state index contributed by atoms with van der Waals surface area (Å²) in [5.41, 5.74) is 1.14. The second kappa shape index (κ2) is 7.63. The average molecular weight is 389 g/mol. The van der Waals surface area contributed by atoms with Crippen LogP contribution in [0.15, 0.2) is 53.4 Å². The van der Waals surface area contributed by atoms with Crippen LogP contribution >= 0.6 is 23.4 Å². The number of nitrogens with one attached hydrogen (secondary N) is 1. The number of anilines is 1. The van der Waals surface area contributed by atoms with Gasteiger partial charge in [-0.15, -0.1) is 0 Å². The number of halogens is 1. The van der Waals surface area contributed by atoms with E-state index in [0.717, 1.165) is 16.7 Å². The summed E-state index contributed by atoms with van der Waals surface area (Å²) in [6.07, 6.45) is 1.54. The number of benzene rings is 2. The monoisotopic (exact) mass is 388 g/mol. The number of carbonyl (C=O) groups excluding carboxylic acids is 3. The van der Waals surface area contributed by atoms with E-state index in [1.54, 1.807) is 42.5 Å². The lowest BCUT2D eigenvalue weighted by Gasteiger charge is -2.12. The van der Waals surface area contributed by atoms with Gasteiger partial charge in [-0.25, -0.2) is 0 Å². The first-order valence-corrected chi connectivity index (χ1v) is 8.71. The molecule has 0 unspecified atom stereocenters. The standard InChI is InChI=1S/C18H13ClN2O4S/c19-12-2-1-3-13(9-12)20-16(23)10-21-17(24)15(26-18(21)25)8-11-4-6-14(22)7-5-11/h1-9,22H,10H2,(H,20,23)/b15-8+. The fourth-order valence-corrected chi connectivity index (χ4v) is 3.30. The molecule has 3 rings (SSSR count). The number of phenols is 1. The molecule has 0 bridgehead atoms. The predicted molar refractivity (Wildman–Crippen MR) is 101 cm³/mol. The van der Waals surface area contributed by atoms with Gasteiger partial charge in [0.25, 0.3) is 11.1 Å². The van der Waals surface area contributed by atoms with E-state index in [9.17, 15) is 19.5 Å². The molecule has 0 atom stereocenters. The third kappa shape index (κ3) is 4.25. The number of amides is 3. The smallest absolute Gasteiger partial charge is 0.294 e. The largest absolute Gasteiger partial charge is 0.508 e. The zero-order valence-electron chi connectivity index (χ0n) is 13.3. The minimum Gasteiger partial charge on any atom is -0.508 e. The van der Waals surface area contributed by atoms with E-state index in [4.69, 9.17) is 11.6 Å². The highest BCUT2D eigenvalue weighted by molar-refractivity contribution is 8.18. The third-order valence-corrected chi connectivity index (χ3v) is 4.62. The van der Waals surface area contributed by atoms with Gasteiger partial charge < -0.3 is 10.4 Å². The summed E-state index contributed by atoms with van der Waals surface area (Å²) in [5, 5.41) is 11.8. The molecule has 0 radical (unpaired) electrons. The number of rotatable bonds is 4. The summed E-state index contributed by atoms with van der Waals surface area (Å²) in [5.74, 6) is -0.928. The Morgan fingerprint density at radius 1 is 1.19 bits per heavy atom. The Hall–Kier alpha value is -2.77. The molecule has 26 heavy (non-hydrogen) atoms. The van der Waals surface area contributed by atoms with Crippen LogP contribution in [-0.4, -0.2) is 33.6 Å². The molecular formula is C18H13ClN2O4S. The van der Waals surface area contributed by atoms with Gasteiger partial charge in [0.2, 0.25) is 5.91 Å². The molecule has 0 aliphatic carbocycles. The topological polar surface area (TPSA) is 86.7 Å². The molecule has 0 aromatic heterocycles. The van der Waals surface area contributed by atoms with Gasteiger partial charge in [-0.3, -0.25) is 19.3 Å². The SMILES string of the molecule is O=C(CN1C(=O)S/C(=C/c2ccc(O)cc2)C1=O)Nc1cccc(Cl)c1. The second-order valence-electron chi connectivity index (χ2n) is 5.42. The molecule has 1 saturated heterocycles. The molecule has 132 valence electrons. The van der Waals surface area contributed by atoms with Gasteiger partial charge in [0.15, 0.2) is 0 Å². The number of hydrogen-bond acceptors (Lipinski definition) is 5. The van der Waals surface area contributed by atoms with Crippen LogP contribution in [0.25, 0.3) is 6.08 Å². The van der Waals surface area contributed by atoms with Crippen molar-refractivity contribution in [1.82, 2.24) is 4.90 Å². The molecule has 8 heteroatoms. The van der Waals surface area contributed by atoms with Crippen molar-refractivity contribution in [3.05, 3.63) is 64.0 Å². The van der Waals surface area contributed by atoms with Crippen molar-refractivity contribution >= 4 is 52.2 Å². The Kier molecular flexibility index (Phi) is 5.29. The zero-order valence-corrected chi connectivity index (χ0v) is 14.9. The lowest BCUT2D eigenvalue weighted by Crippen LogP contribution is -2.36. The minimum absolute atomic E-state index is 0.105. The molecule has 3 amide bonds. The Balaban J connectivity index is 1.69. The van der Waals surface area contributed by atoms with Crippen LogP contribution in [0.4, 0.5) is 10.5 Å². The Morgan fingerprint density at radius 3 is 2.62 bits per heavy atom. The zero-order chi connectivity index (χ0) is 18.7. The van der Waals surface area contributed by atoms with Gasteiger partial charge in [-0.1, -0.05) is 29.8 Å². The van der Waals surface area contributed by atoms with Gasteiger partial charge in [0.05, 0.1) is 4.91 Å². The molecule has 1 heterocycles. The number of phenolic OH excluding ortho intramolecular Hbond substituents is 1. The van der Waals surface area contributed by atoms with E-state index < -0.39 is 17.1 Å². The summed E-state index contributed by atoms with van der Waals surface area (Å²) >= 11 is 6.62. The van der Waals surface area contributed by atoms with E-state index in [1.165, 1.54) is 12.1 Å². The van der Waals surface area contributed by atoms with Crippen LogP contribution in [0.2, 0.25) is 5.02 Å². The first-order valence-electron chi connectivity index (χ1n) is 7.52. The van der Waals surface area contributed by atoms with Crippen LogP contribution in [0.1, 0.15) is 5.56 Å². The van der Waals surface area contributed by atoms with Gasteiger partial charge in [0, 0.05) is 10.7 Å². The van der Waals surface area contributed by atoms with Crippen LogP contribution in [0.5, 0.6) is 5.75 Å². The average Bonchev–Trinajstić information content (AvgIpc) is 2.84. The Bertz CT molecular complexity index is 912. The fraction of sp³-hybridized carbons (Fsp3) is 0.0556. The maximum absolute atomic E-state index is 12.4. The maximum Gasteiger partial charge on any atom is 0.294 e. The van der Waals surface area contributed by atoms with E-state index in [0.29, 0.717) is 16.3 Å². The van der Waals surface area contributed by atoms with Gasteiger partial charge in [-0.05, 0) is 53.7 Å². The van der Waals surface area contributed by atoms with E-state index in [2.05, 4.69) is 5.32 Å². The maximum atomic E-state index is 12.4. The van der Waals surface area contributed by atoms with Crippen molar-refractivity contribution in [2.24, 2.45) is 0 Å². The molecule has 1 aliphatic heterocycles. The van der Waals surface area contributed by atoms with Gasteiger partial charge in [-0.2, -0.15) is 0 Å². The highest BCUT2D eigenvalue weighted by Gasteiger charge is 2.36. The summed E-state index contributed by atoms with van der Waals surface area (Å²) in [6.45, 7) is -0.385. The van der Waals surface area contributed by atoms with Gasteiger partial charge in [0.1, 0.15) is 12.3 Å². The second-order valence-corrected chi connectivity index (χ2v) is 6.85. The number of carbonyl (C=O) groups is 3. The van der Waals surface area contributed by atoms with E-state index >= 15 is 0 Å². The lowest BCUT2D eigenvalue weighted by atomic mass is 10.2. The highest BCUT2D eigenvalue weighted by Crippen LogP contribution is 2.32. The van der Waals surface area contributed by atoms with Crippen LogP contribution in [0, 0.1) is 0 Å². The molecule has 2 aromatic rings. The number of thioether (sulfide) groups is 1. The summed E-state index contributed by atoms with van der Waals surface area (Å²) in [6, 6.07) is 12.8. The predicted octanol–water partition coefficient (Wildman–Crippen LogP) is 3.72. The molecule has 1 aliphatic rings. The van der Waals surface area contributed by atoms with E-state index in [-0.39, 0.29) is 17.2 Å². The van der Waals surface area contributed by atoms with Gasteiger partial charge >= 0.3 is 0 Å². The summed E-state index contributed by atoms with van der Waals surface area (Å²) < 4.78 is 0. The highest BCUT2D eigenvalue weighted by atomic mass is 35.5. The molecule has 0 spiro atoms. The van der Waals surface area contributed by atoms with Crippen molar-refractivity contribution in [1.29, 1.82) is 0 Å². The Labute approximate surface area is 158 Å². The van der Waals surface area contributed by atoms with Crippen molar-refractivity contribution in [2.75, 3.05) is 11.9 Å². The molecule has 0 saturated carbocycles. The molecule has 2 aromatic carbocycles. The lowest BCUT2D eigenvalue weighted by molar-refractivity contribution is -0.127. The molecule has 2 N–H and O–H groups in total. The van der Waals surface area contributed by atoms with Crippen LogP contribution in [-0.2, 0) is 9.59 Å². The number of nitrogens with zero attached hydrogens (tertiary/aromatic N) is 1. The third-order valence-electron chi connectivity index (χ3n) is 3.47. The van der Waals surface area contributed by atoms with Crippen LogP contribution < -0.4 is 5.32 Å². The Morgan fingerprint density at radius 2 is 1.92 bits per heavy atom. The fourth-order valence-electron chi connectivity index (χ4n) is 2.27. The van der Waals surface area contributed by atoms with E-state index in [1.807, 2.05) is 0 Å². The first-order chi connectivity index (χ1) is 12.4. The van der Waals surface area contributed by atoms with Crippen molar-refractivity contribution in [3.8, 4) is 5.75 Å². The number of hydrogen-bond donors (Lipinski definition) is 2. The van der Waals surface area contributed by atoms with Crippen LogP contribution in [0.3, 0.4) is 0 Å². The normalized spacial score (nSPS) is 15.6. The summed E-state index contributed by atoms with van der Waals surface area (Å²) in [4.78, 5) is 37.7. The quantitative estimate of drug-likeness (QED) is 0.779. The number of imide groups is 1. The molecular weight excluding hydrogens is 376 g/mol. The summed E-state index contributed by atoms with van der Waals surface area (Å²) in [7, 11) is 0. The van der Waals surface area contributed by atoms with Crippen molar-refractivity contribution in [2.45, 2.75) is 0 Å². The number of aromatic hydroxyl groups is 1. The van der Waals surface area contributed by atoms with Crippen molar-refractivity contribution in [3.63, 3.8) is 0 Å². The first kappa shape index (κ1) is 18.0. The molecule has 6 nitrogen and oxygen atoms in total.